The van der Waals surface area contributed by atoms with E-state index in [4.69, 9.17) is 5.73 Å². The lowest BCUT2D eigenvalue weighted by Crippen LogP contribution is -2.05. The molecular formula is C16H15F2N3. The number of hydrogen-bond acceptors (Lipinski definition) is 2. The highest BCUT2D eigenvalue weighted by atomic mass is 19.1. The molecular weight excluding hydrogens is 272 g/mol. The second kappa shape index (κ2) is 4.84. The molecule has 1 heterocycles. The summed E-state index contributed by atoms with van der Waals surface area (Å²) in [6.45, 7) is 3.95. The van der Waals surface area contributed by atoms with E-state index in [0.717, 1.165) is 11.6 Å². The van der Waals surface area contributed by atoms with Crippen LogP contribution in [0.4, 0.5) is 14.5 Å². The van der Waals surface area contributed by atoms with E-state index in [1.807, 2.05) is 13.8 Å². The molecule has 21 heavy (non-hydrogen) atoms. The zero-order valence-electron chi connectivity index (χ0n) is 11.8. The molecule has 3 rings (SSSR count). The normalized spacial score (nSPS) is 11.5. The molecule has 0 radical (unpaired) electrons. The number of nitrogens with two attached hydrogens (primary N) is 1. The molecule has 0 amide bonds. The summed E-state index contributed by atoms with van der Waals surface area (Å²) in [7, 11) is 0. The largest absolute Gasteiger partial charge is 0.399 e. The van der Waals surface area contributed by atoms with Gasteiger partial charge in [0.2, 0.25) is 0 Å². The SMILES string of the molecule is CC(C)c1nc2cc(N)ccc2n1-c1ccc(F)cc1F. The number of fused-ring (bicyclic) bond motifs is 1. The Balaban J connectivity index is 2.36. The van der Waals surface area contributed by atoms with Crippen molar-refractivity contribution in [1.82, 2.24) is 9.55 Å². The smallest absolute Gasteiger partial charge is 0.150 e. The van der Waals surface area contributed by atoms with E-state index in [0.29, 0.717) is 17.0 Å². The fourth-order valence-electron chi connectivity index (χ4n) is 2.42. The van der Waals surface area contributed by atoms with Gasteiger partial charge in [0.15, 0.2) is 0 Å². The minimum Gasteiger partial charge on any atom is -0.399 e. The first kappa shape index (κ1) is 13.5. The number of benzene rings is 2. The van der Waals surface area contributed by atoms with Gasteiger partial charge in [-0.15, -0.1) is 0 Å². The van der Waals surface area contributed by atoms with Crippen LogP contribution >= 0.6 is 0 Å². The van der Waals surface area contributed by atoms with Crippen LogP contribution in [0.25, 0.3) is 16.7 Å². The highest BCUT2D eigenvalue weighted by molar-refractivity contribution is 5.81. The molecule has 0 saturated heterocycles. The zero-order valence-corrected chi connectivity index (χ0v) is 11.8. The quantitative estimate of drug-likeness (QED) is 0.724. The van der Waals surface area contributed by atoms with Gasteiger partial charge in [-0.05, 0) is 30.3 Å². The number of anilines is 1. The van der Waals surface area contributed by atoms with Gasteiger partial charge >= 0.3 is 0 Å². The van der Waals surface area contributed by atoms with Crippen molar-refractivity contribution in [2.75, 3.05) is 5.73 Å². The van der Waals surface area contributed by atoms with Crippen LogP contribution in [0.2, 0.25) is 0 Å². The van der Waals surface area contributed by atoms with Crippen molar-refractivity contribution in [3.05, 3.63) is 53.9 Å². The van der Waals surface area contributed by atoms with Crippen LogP contribution < -0.4 is 5.73 Å². The number of halogens is 2. The van der Waals surface area contributed by atoms with E-state index in [9.17, 15) is 8.78 Å². The summed E-state index contributed by atoms with van der Waals surface area (Å²) in [6.07, 6.45) is 0. The van der Waals surface area contributed by atoms with Gasteiger partial charge in [-0.25, -0.2) is 13.8 Å². The van der Waals surface area contributed by atoms with Gasteiger partial charge in [0.05, 0.1) is 16.7 Å². The number of nitrogens with zero attached hydrogens (tertiary/aromatic N) is 2. The summed E-state index contributed by atoms with van der Waals surface area (Å²) < 4.78 is 29.0. The van der Waals surface area contributed by atoms with E-state index >= 15 is 0 Å². The monoisotopic (exact) mass is 287 g/mol. The number of rotatable bonds is 2. The van der Waals surface area contributed by atoms with Crippen molar-refractivity contribution in [2.24, 2.45) is 0 Å². The molecule has 0 bridgehead atoms. The summed E-state index contributed by atoms with van der Waals surface area (Å²) in [5.74, 6) is -0.423. The maximum absolute atomic E-state index is 14.2. The summed E-state index contributed by atoms with van der Waals surface area (Å²) in [6, 6.07) is 8.83. The van der Waals surface area contributed by atoms with Gasteiger partial charge in [0.1, 0.15) is 17.5 Å². The predicted octanol–water partition coefficient (Wildman–Crippen LogP) is 4.01. The van der Waals surface area contributed by atoms with Crippen molar-refractivity contribution in [2.45, 2.75) is 19.8 Å². The summed E-state index contributed by atoms with van der Waals surface area (Å²) >= 11 is 0. The van der Waals surface area contributed by atoms with E-state index in [1.54, 1.807) is 22.8 Å². The van der Waals surface area contributed by atoms with Gasteiger partial charge in [0.25, 0.3) is 0 Å². The van der Waals surface area contributed by atoms with Crippen molar-refractivity contribution < 1.29 is 8.78 Å². The Morgan fingerprint density at radius 3 is 2.52 bits per heavy atom. The average molecular weight is 287 g/mol. The van der Waals surface area contributed by atoms with Crippen molar-refractivity contribution in [1.29, 1.82) is 0 Å². The Morgan fingerprint density at radius 2 is 1.86 bits per heavy atom. The predicted molar refractivity (Wildman–Crippen MR) is 79.5 cm³/mol. The molecule has 0 fully saturated rings. The van der Waals surface area contributed by atoms with Crippen LogP contribution in [0.15, 0.2) is 36.4 Å². The van der Waals surface area contributed by atoms with Crippen LogP contribution in [0.5, 0.6) is 0 Å². The maximum Gasteiger partial charge on any atom is 0.150 e. The molecule has 1 aromatic heterocycles. The van der Waals surface area contributed by atoms with Crippen LogP contribution in [-0.2, 0) is 0 Å². The van der Waals surface area contributed by atoms with Crippen LogP contribution in [0, 0.1) is 11.6 Å². The molecule has 0 atom stereocenters. The molecule has 0 unspecified atom stereocenters. The molecule has 3 aromatic rings. The number of nitrogen functional groups attached to an aromatic ring is 1. The fraction of sp³-hybridized carbons (Fsp3) is 0.188. The lowest BCUT2D eigenvalue weighted by molar-refractivity contribution is 0.576. The molecule has 3 nitrogen and oxygen atoms in total. The van der Waals surface area contributed by atoms with Crippen molar-refractivity contribution in [3.8, 4) is 5.69 Å². The molecule has 0 aliphatic heterocycles. The van der Waals surface area contributed by atoms with E-state index in [2.05, 4.69) is 4.98 Å². The third-order valence-electron chi connectivity index (χ3n) is 3.37. The van der Waals surface area contributed by atoms with Crippen LogP contribution in [0.3, 0.4) is 0 Å². The van der Waals surface area contributed by atoms with E-state index in [-0.39, 0.29) is 11.6 Å². The number of imidazole rings is 1. The minimum absolute atomic E-state index is 0.0862. The molecule has 108 valence electrons. The molecule has 0 aliphatic rings. The lowest BCUT2D eigenvalue weighted by atomic mass is 10.2. The third-order valence-corrected chi connectivity index (χ3v) is 3.37. The molecule has 5 heteroatoms. The lowest BCUT2D eigenvalue weighted by Gasteiger charge is -2.12. The zero-order chi connectivity index (χ0) is 15.1. The van der Waals surface area contributed by atoms with Crippen LogP contribution in [0.1, 0.15) is 25.6 Å². The van der Waals surface area contributed by atoms with E-state index < -0.39 is 11.6 Å². The van der Waals surface area contributed by atoms with Gasteiger partial charge < -0.3 is 5.73 Å². The molecule has 0 aliphatic carbocycles. The first-order valence-electron chi connectivity index (χ1n) is 6.70. The number of aromatic nitrogens is 2. The van der Waals surface area contributed by atoms with Crippen molar-refractivity contribution >= 4 is 16.7 Å². The second-order valence-corrected chi connectivity index (χ2v) is 5.30. The minimum atomic E-state index is -0.618. The Kier molecular flexibility index (Phi) is 3.12. The Labute approximate surface area is 121 Å². The highest BCUT2D eigenvalue weighted by Gasteiger charge is 2.18. The molecule has 0 spiro atoms. The molecule has 2 N–H and O–H groups in total. The first-order chi connectivity index (χ1) is 9.97. The van der Waals surface area contributed by atoms with E-state index in [1.165, 1.54) is 12.1 Å². The van der Waals surface area contributed by atoms with Gasteiger partial charge in [-0.3, -0.25) is 4.57 Å². The fourth-order valence-corrected chi connectivity index (χ4v) is 2.42. The second-order valence-electron chi connectivity index (χ2n) is 5.30. The van der Waals surface area contributed by atoms with Crippen molar-refractivity contribution in [3.63, 3.8) is 0 Å². The first-order valence-corrected chi connectivity index (χ1v) is 6.70. The van der Waals surface area contributed by atoms with Gasteiger partial charge in [-0.2, -0.15) is 0 Å². The highest BCUT2D eigenvalue weighted by Crippen LogP contribution is 2.28. The Morgan fingerprint density at radius 1 is 1.10 bits per heavy atom. The summed E-state index contributed by atoms with van der Waals surface area (Å²) in [5, 5.41) is 0. The summed E-state index contributed by atoms with van der Waals surface area (Å²) in [4.78, 5) is 4.54. The molecule has 2 aromatic carbocycles. The van der Waals surface area contributed by atoms with Crippen LogP contribution in [-0.4, -0.2) is 9.55 Å². The Hall–Kier alpha value is -2.43. The standard InChI is InChI=1S/C16H15F2N3/c1-9(2)16-20-13-8-11(19)4-6-15(13)21(16)14-5-3-10(17)7-12(14)18/h3-9H,19H2,1-2H3. The third kappa shape index (κ3) is 2.24. The number of hydrogen-bond donors (Lipinski definition) is 1. The Bertz CT molecular complexity index is 822. The van der Waals surface area contributed by atoms with Gasteiger partial charge in [0, 0.05) is 17.7 Å². The summed E-state index contributed by atoms with van der Waals surface area (Å²) in [5.41, 5.74) is 8.10. The maximum atomic E-state index is 14.2. The topological polar surface area (TPSA) is 43.8 Å². The van der Waals surface area contributed by atoms with Gasteiger partial charge in [-0.1, -0.05) is 13.8 Å². The molecule has 0 saturated carbocycles. The average Bonchev–Trinajstić information content (AvgIpc) is 2.77.